The molecule has 0 atom stereocenters. The van der Waals surface area contributed by atoms with Crippen LogP contribution in [0.5, 0.6) is 0 Å². The van der Waals surface area contributed by atoms with Gasteiger partial charge in [-0.05, 0) is 61.8 Å². The molecule has 4 aromatic rings. The molecule has 202 valence electrons. The van der Waals surface area contributed by atoms with Crippen molar-refractivity contribution in [3.8, 4) is 0 Å². The molecular formula is C30H40N6O2. The number of unbranched alkanes of at least 4 members (excludes halogenated alkanes) is 3. The van der Waals surface area contributed by atoms with Crippen molar-refractivity contribution in [1.29, 1.82) is 0 Å². The largest absolute Gasteiger partial charge is 0.361 e. The van der Waals surface area contributed by atoms with Gasteiger partial charge in [0.1, 0.15) is 0 Å². The summed E-state index contributed by atoms with van der Waals surface area (Å²) in [7, 11) is 0. The Hall–Kier alpha value is -3.94. The molecule has 0 saturated heterocycles. The first-order chi connectivity index (χ1) is 18.5. The first-order valence-electron chi connectivity index (χ1n) is 13.7. The third kappa shape index (κ3) is 7.31. The van der Waals surface area contributed by atoms with E-state index in [2.05, 4.69) is 81.5 Å². The summed E-state index contributed by atoms with van der Waals surface area (Å²) in [5, 5.41) is 14.2. The minimum Gasteiger partial charge on any atom is -0.361 e. The summed E-state index contributed by atoms with van der Waals surface area (Å²) >= 11 is 0. The smallest absolute Gasteiger partial charge is 0.314 e. The van der Waals surface area contributed by atoms with Gasteiger partial charge in [-0.25, -0.2) is 9.59 Å². The van der Waals surface area contributed by atoms with Crippen molar-refractivity contribution in [2.75, 3.05) is 26.2 Å². The van der Waals surface area contributed by atoms with E-state index < -0.39 is 0 Å². The van der Waals surface area contributed by atoms with Gasteiger partial charge in [0.25, 0.3) is 0 Å². The van der Waals surface area contributed by atoms with E-state index in [1.807, 2.05) is 12.4 Å². The van der Waals surface area contributed by atoms with E-state index in [0.29, 0.717) is 26.2 Å². The number of para-hydroxylation sites is 2. The summed E-state index contributed by atoms with van der Waals surface area (Å²) in [6, 6.07) is 12.3. The topological polar surface area (TPSA) is 114 Å². The number of rotatable bonds is 13. The van der Waals surface area contributed by atoms with E-state index in [4.69, 9.17) is 0 Å². The van der Waals surface area contributed by atoms with Gasteiger partial charge in [-0.3, -0.25) is 0 Å². The normalized spacial score (nSPS) is 11.1. The highest BCUT2D eigenvalue weighted by molar-refractivity contribution is 5.86. The zero-order valence-electron chi connectivity index (χ0n) is 22.5. The van der Waals surface area contributed by atoms with Crippen LogP contribution in [0, 0.1) is 13.8 Å². The van der Waals surface area contributed by atoms with E-state index in [0.717, 1.165) is 38.5 Å². The Balaban J connectivity index is 0.983. The Bertz CT molecular complexity index is 1250. The Kier molecular flexibility index (Phi) is 9.67. The number of benzene rings is 2. The predicted octanol–water partition coefficient (Wildman–Crippen LogP) is 5.21. The fourth-order valence-corrected chi connectivity index (χ4v) is 4.90. The number of aromatic amines is 2. The van der Waals surface area contributed by atoms with Crippen LogP contribution in [0.2, 0.25) is 0 Å². The molecule has 0 fully saturated rings. The van der Waals surface area contributed by atoms with Crippen LogP contribution < -0.4 is 21.3 Å². The molecule has 0 bridgehead atoms. The van der Waals surface area contributed by atoms with Gasteiger partial charge in [-0.2, -0.15) is 0 Å². The monoisotopic (exact) mass is 516 g/mol. The molecule has 0 radical (unpaired) electrons. The fraction of sp³-hybridized carbons (Fsp3) is 0.400. The summed E-state index contributed by atoms with van der Waals surface area (Å²) in [6.45, 7) is 6.69. The van der Waals surface area contributed by atoms with Crippen LogP contribution in [0.25, 0.3) is 21.8 Å². The van der Waals surface area contributed by atoms with E-state index in [1.165, 1.54) is 44.1 Å². The molecule has 2 aromatic carbocycles. The standard InChI is InChI=1S/C30H40N6O2/c1-21-9-7-11-25-23(19-35-27(21)25)13-17-33-29(37)31-15-5-3-4-6-16-32-30(38)34-18-14-24-20-36-28-22(2)10-8-12-26(24)28/h7-12,19-20,35-36H,3-6,13-18H2,1-2H3,(H2,31,33,37)(H2,32,34,38). The van der Waals surface area contributed by atoms with E-state index in [1.54, 1.807) is 0 Å². The Labute approximate surface area is 224 Å². The molecular weight excluding hydrogens is 476 g/mol. The van der Waals surface area contributed by atoms with E-state index in [-0.39, 0.29) is 12.1 Å². The molecule has 2 aromatic heterocycles. The second-order valence-electron chi connectivity index (χ2n) is 9.90. The van der Waals surface area contributed by atoms with Gasteiger partial charge >= 0.3 is 12.1 Å². The molecule has 38 heavy (non-hydrogen) atoms. The average molecular weight is 517 g/mol. The number of H-pyrrole nitrogens is 2. The Morgan fingerprint density at radius 2 is 1.03 bits per heavy atom. The van der Waals surface area contributed by atoms with Crippen LogP contribution >= 0.6 is 0 Å². The van der Waals surface area contributed by atoms with Gasteiger partial charge < -0.3 is 31.2 Å². The van der Waals surface area contributed by atoms with Crippen LogP contribution in [0.1, 0.15) is 47.9 Å². The maximum absolute atomic E-state index is 12.1. The van der Waals surface area contributed by atoms with E-state index >= 15 is 0 Å². The van der Waals surface area contributed by atoms with E-state index in [9.17, 15) is 9.59 Å². The van der Waals surface area contributed by atoms with Crippen LogP contribution in [-0.4, -0.2) is 48.2 Å². The summed E-state index contributed by atoms with van der Waals surface area (Å²) < 4.78 is 0. The Morgan fingerprint density at radius 3 is 1.47 bits per heavy atom. The molecule has 0 saturated carbocycles. The number of aromatic nitrogens is 2. The quantitative estimate of drug-likeness (QED) is 0.137. The highest BCUT2D eigenvalue weighted by Crippen LogP contribution is 2.22. The Morgan fingerprint density at radius 1 is 0.605 bits per heavy atom. The third-order valence-electron chi connectivity index (χ3n) is 7.05. The molecule has 8 heteroatoms. The summed E-state index contributed by atoms with van der Waals surface area (Å²) in [5.41, 5.74) is 7.22. The lowest BCUT2D eigenvalue weighted by molar-refractivity contribution is 0.239. The van der Waals surface area contributed by atoms with Crippen molar-refractivity contribution < 1.29 is 9.59 Å². The SMILES string of the molecule is Cc1cccc2c(CCNC(=O)NCCCCCCNC(=O)NCCc3c[nH]c4c(C)cccc34)c[nH]c12. The lowest BCUT2D eigenvalue weighted by Gasteiger charge is -2.09. The van der Waals surface area contributed by atoms with Gasteiger partial charge in [0.05, 0.1) is 0 Å². The van der Waals surface area contributed by atoms with Gasteiger partial charge in [-0.15, -0.1) is 0 Å². The van der Waals surface area contributed by atoms with Crippen LogP contribution in [0.4, 0.5) is 9.59 Å². The molecule has 0 aliphatic heterocycles. The van der Waals surface area contributed by atoms with Crippen molar-refractivity contribution in [3.63, 3.8) is 0 Å². The van der Waals surface area contributed by atoms with Crippen LogP contribution in [-0.2, 0) is 12.8 Å². The number of nitrogens with one attached hydrogen (secondary N) is 6. The minimum atomic E-state index is -0.123. The summed E-state index contributed by atoms with van der Waals surface area (Å²) in [6.07, 6.45) is 9.51. The number of carbonyl (C=O) groups excluding carboxylic acids is 2. The molecule has 0 spiro atoms. The highest BCUT2D eigenvalue weighted by atomic mass is 16.2. The number of hydrogen-bond donors (Lipinski definition) is 6. The van der Waals surface area contributed by atoms with Crippen LogP contribution in [0.15, 0.2) is 48.8 Å². The maximum Gasteiger partial charge on any atom is 0.314 e. The molecule has 0 unspecified atom stereocenters. The lowest BCUT2D eigenvalue weighted by atomic mass is 10.1. The van der Waals surface area contributed by atoms with Crippen molar-refractivity contribution in [3.05, 3.63) is 71.0 Å². The molecule has 8 nitrogen and oxygen atoms in total. The second kappa shape index (κ2) is 13.6. The third-order valence-corrected chi connectivity index (χ3v) is 7.05. The minimum absolute atomic E-state index is 0.123. The predicted molar refractivity (Wildman–Crippen MR) is 155 cm³/mol. The van der Waals surface area contributed by atoms with Crippen molar-refractivity contribution in [2.24, 2.45) is 0 Å². The first kappa shape index (κ1) is 27.1. The summed E-state index contributed by atoms with van der Waals surface area (Å²) in [5.74, 6) is 0. The van der Waals surface area contributed by atoms with Gasteiger partial charge in [0.15, 0.2) is 0 Å². The fourth-order valence-electron chi connectivity index (χ4n) is 4.90. The number of fused-ring (bicyclic) bond motifs is 2. The first-order valence-corrected chi connectivity index (χ1v) is 13.7. The van der Waals surface area contributed by atoms with Gasteiger partial charge in [0.2, 0.25) is 0 Å². The van der Waals surface area contributed by atoms with Gasteiger partial charge in [-0.1, -0.05) is 49.2 Å². The van der Waals surface area contributed by atoms with Crippen molar-refractivity contribution in [1.82, 2.24) is 31.2 Å². The van der Waals surface area contributed by atoms with Crippen LogP contribution in [0.3, 0.4) is 0 Å². The van der Waals surface area contributed by atoms with Crippen molar-refractivity contribution in [2.45, 2.75) is 52.4 Å². The average Bonchev–Trinajstić information content (AvgIpc) is 3.52. The molecule has 4 amide bonds. The number of carbonyl (C=O) groups is 2. The number of amides is 4. The number of aryl methyl sites for hydroxylation is 2. The van der Waals surface area contributed by atoms with Crippen molar-refractivity contribution >= 4 is 33.9 Å². The molecule has 0 aliphatic carbocycles. The van der Waals surface area contributed by atoms with Gasteiger partial charge in [0, 0.05) is 60.4 Å². The maximum atomic E-state index is 12.1. The molecule has 4 rings (SSSR count). The highest BCUT2D eigenvalue weighted by Gasteiger charge is 2.07. The molecule has 0 aliphatic rings. The number of hydrogen-bond acceptors (Lipinski definition) is 2. The molecule has 2 heterocycles. The second-order valence-corrected chi connectivity index (χ2v) is 9.90. The number of urea groups is 2. The zero-order valence-corrected chi connectivity index (χ0v) is 22.5. The summed E-state index contributed by atoms with van der Waals surface area (Å²) in [4.78, 5) is 30.8. The zero-order chi connectivity index (χ0) is 26.7. The lowest BCUT2D eigenvalue weighted by Crippen LogP contribution is -2.37. The molecule has 6 N–H and O–H groups in total.